The highest BCUT2D eigenvalue weighted by atomic mass is 79.9. The first-order chi connectivity index (χ1) is 14.4. The third-order valence-corrected chi connectivity index (χ3v) is 6.75. The van der Waals surface area contributed by atoms with E-state index in [0.29, 0.717) is 23.3 Å². The molecule has 1 fully saturated rings. The van der Waals surface area contributed by atoms with Gasteiger partial charge in [0.15, 0.2) is 0 Å². The Bertz CT molecular complexity index is 1120. The minimum atomic E-state index is -1.02. The summed E-state index contributed by atoms with van der Waals surface area (Å²) in [4.78, 5) is 8.39. The maximum absolute atomic E-state index is 10.8. The van der Waals surface area contributed by atoms with Gasteiger partial charge >= 0.3 is 0 Å². The van der Waals surface area contributed by atoms with E-state index in [4.69, 9.17) is 10.5 Å². The van der Waals surface area contributed by atoms with Crippen molar-refractivity contribution in [2.45, 2.75) is 50.7 Å². The van der Waals surface area contributed by atoms with Crippen molar-refractivity contribution in [3.05, 3.63) is 45.8 Å². The van der Waals surface area contributed by atoms with E-state index < -0.39 is 24.4 Å². The van der Waals surface area contributed by atoms with Gasteiger partial charge in [0.25, 0.3) is 0 Å². The maximum Gasteiger partial charge on any atom is 0.147 e. The number of halogens is 1. The number of nitrogen functional groups attached to an aromatic ring is 1. The van der Waals surface area contributed by atoms with Crippen molar-refractivity contribution in [1.29, 1.82) is 0 Å². The van der Waals surface area contributed by atoms with Crippen LogP contribution in [0.25, 0.3) is 11.0 Å². The summed E-state index contributed by atoms with van der Waals surface area (Å²) < 4.78 is 8.90. The van der Waals surface area contributed by atoms with Crippen LogP contribution in [0.4, 0.5) is 5.82 Å². The largest absolute Gasteiger partial charge is 0.487 e. The van der Waals surface area contributed by atoms with Crippen molar-refractivity contribution in [2.75, 3.05) is 12.3 Å². The third kappa shape index (κ3) is 3.17. The molecule has 5 N–H and O–H groups in total. The number of hydrogen-bond donors (Lipinski definition) is 4. The molecule has 3 aromatic rings. The Labute approximate surface area is 182 Å². The quantitative estimate of drug-likeness (QED) is 0.458. The molecule has 9 heteroatoms. The fourth-order valence-electron chi connectivity index (χ4n) is 4.66. The van der Waals surface area contributed by atoms with Crippen LogP contribution in [-0.4, -0.2) is 49.6 Å². The number of nitrogens with one attached hydrogen (secondary N) is 1. The topological polar surface area (TPSA) is 118 Å². The zero-order valence-corrected chi connectivity index (χ0v) is 18.1. The molecule has 0 bridgehead atoms. The molecule has 0 radical (unpaired) electrons. The fraction of sp³-hybridized carbons (Fsp3) is 0.429. The van der Waals surface area contributed by atoms with Gasteiger partial charge in [-0.25, -0.2) is 9.97 Å². The molecule has 5 rings (SSSR count). The lowest BCUT2D eigenvalue weighted by Gasteiger charge is -2.25. The lowest BCUT2D eigenvalue weighted by Crippen LogP contribution is -2.35. The molecule has 1 aliphatic heterocycles. The molecule has 8 nitrogen and oxygen atoms in total. The Morgan fingerprint density at radius 3 is 2.93 bits per heavy atom. The number of aromatic nitrogens is 3. The van der Waals surface area contributed by atoms with Gasteiger partial charge in [0.1, 0.15) is 41.9 Å². The number of nitrogens with zero attached hydrogens (tertiary/aromatic N) is 3. The van der Waals surface area contributed by atoms with Crippen LogP contribution in [0.1, 0.15) is 29.2 Å². The van der Waals surface area contributed by atoms with Crippen LogP contribution in [-0.2, 0) is 13.0 Å². The molecule has 4 atom stereocenters. The number of aliphatic hydroxyl groups excluding tert-OH is 2. The highest BCUT2D eigenvalue weighted by Crippen LogP contribution is 2.39. The Hall–Kier alpha value is -2.20. The first-order valence-electron chi connectivity index (χ1n) is 10.1. The van der Waals surface area contributed by atoms with Crippen LogP contribution in [0.2, 0.25) is 0 Å². The van der Waals surface area contributed by atoms with E-state index in [1.807, 2.05) is 23.8 Å². The van der Waals surface area contributed by atoms with Crippen LogP contribution in [0.15, 0.2) is 29.1 Å². The summed E-state index contributed by atoms with van der Waals surface area (Å²) in [5.41, 5.74) is 10.2. The molecule has 3 heterocycles. The fourth-order valence-corrected chi connectivity index (χ4v) is 5.26. The molecular weight excluding hydrogens is 450 g/mol. The van der Waals surface area contributed by atoms with Crippen molar-refractivity contribution in [2.24, 2.45) is 0 Å². The van der Waals surface area contributed by atoms with E-state index in [-0.39, 0.29) is 0 Å². The standard InChI is InChI=1S/C21H24BrN5O3/c1-10-4-11-2-3-24-7-12(11)15(5-10)30-16-6-14(18(28)19(16)29)27-8-13(22)17-20(23)25-9-26-21(17)27/h4-5,8-9,14,16,18-19,24,28-29H,2-3,6-7H2,1H3,(H2,23,25,26)/t14?,16?,18-,19+/m0/s1. The summed E-state index contributed by atoms with van der Waals surface area (Å²) >= 11 is 3.51. The molecule has 0 amide bonds. The smallest absolute Gasteiger partial charge is 0.147 e. The van der Waals surface area contributed by atoms with Gasteiger partial charge in [-0.2, -0.15) is 0 Å². The van der Waals surface area contributed by atoms with Gasteiger partial charge < -0.3 is 30.6 Å². The molecule has 0 spiro atoms. The van der Waals surface area contributed by atoms with Gasteiger partial charge in [-0.3, -0.25) is 0 Å². The van der Waals surface area contributed by atoms with E-state index in [1.54, 1.807) is 0 Å². The van der Waals surface area contributed by atoms with Gasteiger partial charge in [-0.05, 0) is 53.0 Å². The summed E-state index contributed by atoms with van der Waals surface area (Å²) in [6, 6.07) is 3.81. The number of rotatable bonds is 3. The number of aryl methyl sites for hydroxylation is 1. The minimum absolute atomic E-state index is 0.366. The first-order valence-corrected chi connectivity index (χ1v) is 10.9. The molecule has 2 aromatic heterocycles. The number of benzene rings is 1. The molecule has 1 aromatic carbocycles. The van der Waals surface area contributed by atoms with E-state index >= 15 is 0 Å². The Morgan fingerprint density at radius 1 is 1.27 bits per heavy atom. The number of nitrogens with two attached hydrogens (primary N) is 1. The lowest BCUT2D eigenvalue weighted by atomic mass is 9.97. The summed E-state index contributed by atoms with van der Waals surface area (Å²) in [5, 5.41) is 25.7. The van der Waals surface area contributed by atoms with Crippen molar-refractivity contribution in [3.63, 3.8) is 0 Å². The number of ether oxygens (including phenoxy) is 1. The van der Waals surface area contributed by atoms with Crippen molar-refractivity contribution in [3.8, 4) is 5.75 Å². The first kappa shape index (κ1) is 19.7. The molecule has 2 aliphatic rings. The molecule has 1 saturated carbocycles. The Balaban J connectivity index is 1.47. The molecular formula is C21H24BrN5O3. The minimum Gasteiger partial charge on any atom is -0.487 e. The SMILES string of the molecule is Cc1cc2c(c(OC3CC(n4cc(Br)c5c(N)ncnc54)[C@H](O)[C@@H]3O)c1)CNCC2. The molecule has 30 heavy (non-hydrogen) atoms. The van der Waals surface area contributed by atoms with E-state index in [1.165, 1.54) is 11.9 Å². The van der Waals surface area contributed by atoms with Gasteiger partial charge in [-0.1, -0.05) is 6.07 Å². The summed E-state index contributed by atoms with van der Waals surface area (Å²) in [6.07, 6.45) is 2.09. The van der Waals surface area contributed by atoms with Crippen molar-refractivity contribution < 1.29 is 14.9 Å². The normalized spacial score (nSPS) is 26.1. The number of hydrogen-bond acceptors (Lipinski definition) is 7. The zero-order valence-electron chi connectivity index (χ0n) is 16.5. The van der Waals surface area contributed by atoms with E-state index in [0.717, 1.165) is 40.9 Å². The lowest BCUT2D eigenvalue weighted by molar-refractivity contribution is -0.0166. The number of anilines is 1. The van der Waals surface area contributed by atoms with Gasteiger partial charge in [0.05, 0.1) is 11.4 Å². The predicted octanol–water partition coefficient (Wildman–Crippen LogP) is 1.84. The van der Waals surface area contributed by atoms with Gasteiger partial charge in [0, 0.05) is 29.2 Å². The second-order valence-electron chi connectivity index (χ2n) is 8.11. The Morgan fingerprint density at radius 2 is 2.10 bits per heavy atom. The van der Waals surface area contributed by atoms with Crippen molar-refractivity contribution >= 4 is 32.8 Å². The summed E-state index contributed by atoms with van der Waals surface area (Å²) in [5.74, 6) is 1.14. The Kier molecular flexibility index (Phi) is 4.93. The van der Waals surface area contributed by atoms with Crippen LogP contribution in [0, 0.1) is 6.92 Å². The van der Waals surface area contributed by atoms with Crippen molar-refractivity contribution in [1.82, 2.24) is 19.9 Å². The monoisotopic (exact) mass is 473 g/mol. The second-order valence-corrected chi connectivity index (χ2v) is 8.96. The van der Waals surface area contributed by atoms with Crippen LogP contribution in [0.3, 0.4) is 0 Å². The molecule has 1 aliphatic carbocycles. The summed E-state index contributed by atoms with van der Waals surface area (Å²) in [7, 11) is 0. The molecule has 0 saturated heterocycles. The molecule has 158 valence electrons. The second kappa shape index (κ2) is 7.49. The predicted molar refractivity (Wildman–Crippen MR) is 116 cm³/mol. The zero-order chi connectivity index (χ0) is 21.0. The van der Waals surface area contributed by atoms with Gasteiger partial charge in [0.2, 0.25) is 0 Å². The van der Waals surface area contributed by atoms with Crippen LogP contribution in [0.5, 0.6) is 5.75 Å². The maximum atomic E-state index is 10.8. The average molecular weight is 474 g/mol. The summed E-state index contributed by atoms with van der Waals surface area (Å²) in [6.45, 7) is 3.74. The highest BCUT2D eigenvalue weighted by Gasteiger charge is 2.45. The highest BCUT2D eigenvalue weighted by molar-refractivity contribution is 9.10. The van der Waals surface area contributed by atoms with Crippen LogP contribution < -0.4 is 15.8 Å². The van der Waals surface area contributed by atoms with E-state index in [9.17, 15) is 10.2 Å². The number of aliphatic hydroxyl groups is 2. The number of fused-ring (bicyclic) bond motifs is 2. The van der Waals surface area contributed by atoms with Gasteiger partial charge in [-0.15, -0.1) is 0 Å². The van der Waals surface area contributed by atoms with Crippen LogP contribution >= 0.6 is 15.9 Å². The average Bonchev–Trinajstić information content (AvgIpc) is 3.20. The third-order valence-electron chi connectivity index (χ3n) is 6.15. The molecule has 2 unspecified atom stereocenters. The van der Waals surface area contributed by atoms with E-state index in [2.05, 4.69) is 37.3 Å².